The van der Waals surface area contributed by atoms with Crippen molar-refractivity contribution in [1.29, 1.82) is 0 Å². The average Bonchev–Trinajstić information content (AvgIpc) is 2.24. The number of likely N-dealkylation sites (N-methyl/N-ethyl adjacent to an activating group) is 1. The fourth-order valence-electron chi connectivity index (χ4n) is 2.03. The summed E-state index contributed by atoms with van der Waals surface area (Å²) in [7, 11) is 0. The van der Waals surface area contributed by atoms with Crippen LogP contribution in [0.1, 0.15) is 20.8 Å². The Morgan fingerprint density at radius 3 is 1.87 bits per heavy atom. The predicted octanol–water partition coefficient (Wildman–Crippen LogP) is 0.493. The van der Waals surface area contributed by atoms with E-state index in [9.17, 15) is 5.11 Å². The van der Waals surface area contributed by atoms with E-state index < -0.39 is 6.10 Å². The van der Waals surface area contributed by atoms with Gasteiger partial charge in [-0.05, 0) is 20.4 Å². The van der Waals surface area contributed by atoms with Crippen LogP contribution in [0, 0.1) is 0 Å². The second-order valence-corrected chi connectivity index (χ2v) is 3.83. The van der Waals surface area contributed by atoms with E-state index in [1.165, 1.54) is 0 Å². The lowest BCUT2D eigenvalue weighted by molar-refractivity contribution is -0.148. The lowest BCUT2D eigenvalue weighted by Crippen LogP contribution is -2.57. The molecule has 3 atom stereocenters. The van der Waals surface area contributed by atoms with Crippen molar-refractivity contribution in [3.63, 3.8) is 0 Å². The molecule has 0 amide bonds. The Balaban J connectivity index is 2.56. The van der Waals surface area contributed by atoms with E-state index in [1.54, 1.807) is 0 Å². The van der Waals surface area contributed by atoms with Gasteiger partial charge >= 0.3 is 0 Å². The van der Waals surface area contributed by atoms with Crippen molar-refractivity contribution < 1.29 is 14.6 Å². The molecular formula is C11H23NO3. The van der Waals surface area contributed by atoms with Crippen LogP contribution in [0.4, 0.5) is 0 Å². The summed E-state index contributed by atoms with van der Waals surface area (Å²) in [6.45, 7) is 9.87. The van der Waals surface area contributed by atoms with Crippen molar-refractivity contribution in [2.45, 2.75) is 39.1 Å². The average molecular weight is 217 g/mol. The standard InChI is InChI=1S/C11H23NO3/c1-4-12-7-9(14-5-2)11(13)10(8-12)15-6-3/h9-11,13H,4-8H2,1-3H3/t9-,10+,11?. The van der Waals surface area contributed by atoms with E-state index in [0.717, 1.165) is 19.6 Å². The third-order valence-corrected chi connectivity index (χ3v) is 2.85. The number of nitrogens with zero attached hydrogens (tertiary/aromatic N) is 1. The molecule has 0 radical (unpaired) electrons. The molecular weight excluding hydrogens is 194 g/mol. The van der Waals surface area contributed by atoms with Crippen LogP contribution in [0.3, 0.4) is 0 Å². The minimum Gasteiger partial charge on any atom is -0.388 e. The molecule has 1 fully saturated rings. The number of likely N-dealkylation sites (tertiary alicyclic amines) is 1. The maximum Gasteiger partial charge on any atom is 0.109 e. The molecule has 4 nitrogen and oxygen atoms in total. The highest BCUT2D eigenvalue weighted by atomic mass is 16.5. The normalized spacial score (nSPS) is 33.2. The molecule has 1 N–H and O–H groups in total. The van der Waals surface area contributed by atoms with Gasteiger partial charge < -0.3 is 14.6 Å². The molecule has 15 heavy (non-hydrogen) atoms. The maximum atomic E-state index is 10.0. The molecule has 4 heteroatoms. The number of hydrogen-bond donors (Lipinski definition) is 1. The first-order chi connectivity index (χ1) is 7.22. The van der Waals surface area contributed by atoms with E-state index >= 15 is 0 Å². The molecule has 1 heterocycles. The molecule has 0 saturated carbocycles. The summed E-state index contributed by atoms with van der Waals surface area (Å²) < 4.78 is 11.1. The molecule has 0 aromatic rings. The molecule has 0 aromatic heterocycles. The van der Waals surface area contributed by atoms with E-state index in [2.05, 4.69) is 11.8 Å². The third kappa shape index (κ3) is 3.41. The summed E-state index contributed by atoms with van der Waals surface area (Å²) in [5, 5.41) is 10.0. The Kier molecular flexibility index (Phi) is 5.53. The summed E-state index contributed by atoms with van der Waals surface area (Å²) in [5.41, 5.74) is 0. The molecule has 0 spiro atoms. The van der Waals surface area contributed by atoms with Crippen LogP contribution in [0.25, 0.3) is 0 Å². The van der Waals surface area contributed by atoms with Gasteiger partial charge in [0.25, 0.3) is 0 Å². The first-order valence-electron chi connectivity index (χ1n) is 5.86. The SMILES string of the molecule is CCO[C@H]1CN(CC)C[C@@H](OCC)C1O. The molecule has 90 valence electrons. The van der Waals surface area contributed by atoms with Crippen LogP contribution in [0.2, 0.25) is 0 Å². The summed E-state index contributed by atoms with van der Waals surface area (Å²) in [6, 6.07) is 0. The monoisotopic (exact) mass is 217 g/mol. The van der Waals surface area contributed by atoms with Crippen LogP contribution in [-0.2, 0) is 9.47 Å². The van der Waals surface area contributed by atoms with E-state index in [-0.39, 0.29) is 12.2 Å². The van der Waals surface area contributed by atoms with Gasteiger partial charge in [0.15, 0.2) is 0 Å². The highest BCUT2D eigenvalue weighted by molar-refractivity contribution is 4.88. The zero-order valence-electron chi connectivity index (χ0n) is 9.98. The molecule has 1 unspecified atom stereocenters. The smallest absolute Gasteiger partial charge is 0.109 e. The molecule has 1 saturated heterocycles. The summed E-state index contributed by atoms with van der Waals surface area (Å²) in [4.78, 5) is 2.26. The Morgan fingerprint density at radius 1 is 1.07 bits per heavy atom. The van der Waals surface area contributed by atoms with Crippen LogP contribution in [0.15, 0.2) is 0 Å². The van der Waals surface area contributed by atoms with Gasteiger partial charge in [-0.3, -0.25) is 4.90 Å². The van der Waals surface area contributed by atoms with Gasteiger partial charge in [-0.25, -0.2) is 0 Å². The van der Waals surface area contributed by atoms with Gasteiger partial charge in [-0.15, -0.1) is 0 Å². The highest BCUT2D eigenvalue weighted by Crippen LogP contribution is 2.17. The second-order valence-electron chi connectivity index (χ2n) is 3.83. The van der Waals surface area contributed by atoms with Gasteiger partial charge in [0.2, 0.25) is 0 Å². The predicted molar refractivity (Wildman–Crippen MR) is 58.9 cm³/mol. The zero-order valence-corrected chi connectivity index (χ0v) is 9.98. The van der Waals surface area contributed by atoms with Crippen molar-refractivity contribution in [1.82, 2.24) is 4.90 Å². The molecule has 1 rings (SSSR count). The van der Waals surface area contributed by atoms with Crippen LogP contribution in [0.5, 0.6) is 0 Å². The Bertz CT molecular complexity index is 161. The fraction of sp³-hybridized carbons (Fsp3) is 1.00. The first-order valence-corrected chi connectivity index (χ1v) is 5.86. The fourth-order valence-corrected chi connectivity index (χ4v) is 2.03. The van der Waals surface area contributed by atoms with Crippen molar-refractivity contribution in [2.24, 2.45) is 0 Å². The zero-order chi connectivity index (χ0) is 11.3. The number of hydrogen-bond acceptors (Lipinski definition) is 4. The quantitative estimate of drug-likeness (QED) is 0.728. The summed E-state index contributed by atoms with van der Waals surface area (Å²) >= 11 is 0. The van der Waals surface area contributed by atoms with Gasteiger partial charge in [-0.1, -0.05) is 6.92 Å². The number of piperidine rings is 1. The minimum atomic E-state index is -0.493. The number of rotatable bonds is 5. The molecule has 0 bridgehead atoms. The van der Waals surface area contributed by atoms with E-state index in [1.807, 2.05) is 13.8 Å². The van der Waals surface area contributed by atoms with Gasteiger partial charge in [-0.2, -0.15) is 0 Å². The topological polar surface area (TPSA) is 41.9 Å². The van der Waals surface area contributed by atoms with E-state index in [4.69, 9.17) is 9.47 Å². The first kappa shape index (κ1) is 12.9. The van der Waals surface area contributed by atoms with Crippen LogP contribution in [-0.4, -0.2) is 61.2 Å². The van der Waals surface area contributed by atoms with E-state index in [0.29, 0.717) is 13.2 Å². The molecule has 0 aliphatic carbocycles. The Labute approximate surface area is 92.2 Å². The number of aliphatic hydroxyl groups is 1. The lowest BCUT2D eigenvalue weighted by Gasteiger charge is -2.40. The number of aliphatic hydroxyl groups excluding tert-OH is 1. The van der Waals surface area contributed by atoms with Crippen molar-refractivity contribution in [2.75, 3.05) is 32.8 Å². The number of ether oxygens (including phenoxy) is 2. The molecule has 1 aliphatic heterocycles. The summed E-state index contributed by atoms with van der Waals surface area (Å²) in [6.07, 6.45) is -0.715. The van der Waals surface area contributed by atoms with Crippen LogP contribution >= 0.6 is 0 Å². The van der Waals surface area contributed by atoms with Crippen molar-refractivity contribution >= 4 is 0 Å². The van der Waals surface area contributed by atoms with Gasteiger partial charge in [0.05, 0.1) is 12.2 Å². The molecule has 0 aromatic carbocycles. The Morgan fingerprint density at radius 2 is 1.53 bits per heavy atom. The lowest BCUT2D eigenvalue weighted by atomic mass is 10.0. The summed E-state index contributed by atoms with van der Waals surface area (Å²) in [5.74, 6) is 0. The van der Waals surface area contributed by atoms with Crippen LogP contribution < -0.4 is 0 Å². The largest absolute Gasteiger partial charge is 0.388 e. The maximum absolute atomic E-state index is 10.0. The van der Waals surface area contributed by atoms with Gasteiger partial charge in [0, 0.05) is 26.3 Å². The van der Waals surface area contributed by atoms with Crippen molar-refractivity contribution in [3.05, 3.63) is 0 Å². The molecule has 1 aliphatic rings. The second kappa shape index (κ2) is 6.43. The van der Waals surface area contributed by atoms with Crippen molar-refractivity contribution in [3.8, 4) is 0 Å². The highest BCUT2D eigenvalue weighted by Gasteiger charge is 2.35. The van der Waals surface area contributed by atoms with Gasteiger partial charge in [0.1, 0.15) is 6.10 Å². The minimum absolute atomic E-state index is 0.111. The third-order valence-electron chi connectivity index (χ3n) is 2.85. The Hall–Kier alpha value is -0.160.